The lowest BCUT2D eigenvalue weighted by atomic mass is 9.97. The Kier molecular flexibility index (Phi) is 9.58. The van der Waals surface area contributed by atoms with Crippen molar-refractivity contribution in [3.63, 3.8) is 0 Å². The molecule has 2 aromatic carbocycles. The van der Waals surface area contributed by atoms with Crippen LogP contribution in [0.4, 0.5) is 0 Å². The number of aryl methyl sites for hydroxylation is 1. The molecule has 0 spiro atoms. The predicted molar refractivity (Wildman–Crippen MR) is 135 cm³/mol. The van der Waals surface area contributed by atoms with E-state index in [9.17, 15) is 0 Å². The van der Waals surface area contributed by atoms with E-state index in [1.807, 2.05) is 0 Å². The molecule has 1 aliphatic rings. The second-order valence-corrected chi connectivity index (χ2v) is 10.2. The highest BCUT2D eigenvalue weighted by atomic mass is 16.5. The number of piperidine rings is 1. The standard InChI is InChI=1S/C28H43N3O/c1-23-8-10-25(11-9-23)19-31(5)21-27(18-29(2)3)17-24-12-14-28(15-13-24)32-22-26-7-6-16-30(4)20-26/h8-15,26-27H,6-7,16-22H2,1-5H3. The highest BCUT2D eigenvalue weighted by Crippen LogP contribution is 2.20. The van der Waals surface area contributed by atoms with Gasteiger partial charge in [0.15, 0.2) is 0 Å². The molecule has 0 aliphatic carbocycles. The molecule has 1 aliphatic heterocycles. The van der Waals surface area contributed by atoms with Gasteiger partial charge in [-0.25, -0.2) is 0 Å². The largest absolute Gasteiger partial charge is 0.493 e. The molecule has 0 amide bonds. The third-order valence-electron chi connectivity index (χ3n) is 6.42. The van der Waals surface area contributed by atoms with Gasteiger partial charge in [-0.1, -0.05) is 42.0 Å². The van der Waals surface area contributed by atoms with E-state index in [0.717, 1.165) is 45.0 Å². The molecular weight excluding hydrogens is 394 g/mol. The van der Waals surface area contributed by atoms with Crippen molar-refractivity contribution in [2.45, 2.75) is 32.7 Å². The highest BCUT2D eigenvalue weighted by Gasteiger charge is 2.18. The number of ether oxygens (including phenoxy) is 1. The summed E-state index contributed by atoms with van der Waals surface area (Å²) < 4.78 is 6.11. The van der Waals surface area contributed by atoms with Gasteiger partial charge >= 0.3 is 0 Å². The van der Waals surface area contributed by atoms with Gasteiger partial charge in [-0.15, -0.1) is 0 Å². The molecule has 4 nitrogen and oxygen atoms in total. The minimum Gasteiger partial charge on any atom is -0.493 e. The van der Waals surface area contributed by atoms with E-state index in [0.29, 0.717) is 11.8 Å². The highest BCUT2D eigenvalue weighted by molar-refractivity contribution is 5.27. The number of nitrogens with zero attached hydrogens (tertiary/aromatic N) is 3. The van der Waals surface area contributed by atoms with Crippen LogP contribution in [-0.2, 0) is 13.0 Å². The lowest BCUT2D eigenvalue weighted by Gasteiger charge is -2.29. The summed E-state index contributed by atoms with van der Waals surface area (Å²) in [5.74, 6) is 2.24. The normalized spacial score (nSPS) is 18.3. The van der Waals surface area contributed by atoms with Gasteiger partial charge in [0, 0.05) is 32.1 Å². The fraction of sp³-hybridized carbons (Fsp3) is 0.571. The SMILES string of the molecule is Cc1ccc(CN(C)CC(Cc2ccc(OCC3CCCN(C)C3)cc2)CN(C)C)cc1. The van der Waals surface area contributed by atoms with Gasteiger partial charge in [-0.3, -0.25) is 0 Å². The number of hydrogen-bond acceptors (Lipinski definition) is 4. The topological polar surface area (TPSA) is 19.0 Å². The van der Waals surface area contributed by atoms with Crippen LogP contribution in [0, 0.1) is 18.8 Å². The molecule has 2 unspecified atom stereocenters. The molecule has 1 heterocycles. The van der Waals surface area contributed by atoms with Crippen molar-refractivity contribution in [1.29, 1.82) is 0 Å². The summed E-state index contributed by atoms with van der Waals surface area (Å²) in [7, 11) is 8.80. The van der Waals surface area contributed by atoms with Crippen LogP contribution in [0.5, 0.6) is 5.75 Å². The van der Waals surface area contributed by atoms with Gasteiger partial charge < -0.3 is 19.4 Å². The molecule has 176 valence electrons. The third-order valence-corrected chi connectivity index (χ3v) is 6.42. The molecule has 1 fully saturated rings. The minimum absolute atomic E-state index is 0.588. The van der Waals surface area contributed by atoms with Gasteiger partial charge in [0.1, 0.15) is 5.75 Å². The Balaban J connectivity index is 1.51. The van der Waals surface area contributed by atoms with Crippen LogP contribution in [0.2, 0.25) is 0 Å². The summed E-state index contributed by atoms with van der Waals surface area (Å²) in [5.41, 5.74) is 4.10. The second kappa shape index (κ2) is 12.4. The van der Waals surface area contributed by atoms with Crippen LogP contribution in [0.15, 0.2) is 48.5 Å². The Morgan fingerprint density at radius 1 is 0.969 bits per heavy atom. The summed E-state index contributed by atoms with van der Waals surface area (Å²) in [6.45, 7) is 8.51. The summed E-state index contributed by atoms with van der Waals surface area (Å²) >= 11 is 0. The zero-order chi connectivity index (χ0) is 22.9. The number of benzene rings is 2. The van der Waals surface area contributed by atoms with Crippen LogP contribution < -0.4 is 4.74 Å². The van der Waals surface area contributed by atoms with E-state index < -0.39 is 0 Å². The number of rotatable bonds is 11. The smallest absolute Gasteiger partial charge is 0.119 e. The van der Waals surface area contributed by atoms with Gasteiger partial charge in [0.2, 0.25) is 0 Å². The van der Waals surface area contributed by atoms with Crippen LogP contribution in [-0.4, -0.2) is 75.7 Å². The fourth-order valence-electron chi connectivity index (χ4n) is 4.89. The molecule has 0 saturated carbocycles. The van der Waals surface area contributed by atoms with Crippen molar-refractivity contribution < 1.29 is 4.74 Å². The molecule has 2 atom stereocenters. The molecule has 0 N–H and O–H groups in total. The monoisotopic (exact) mass is 437 g/mol. The summed E-state index contributed by atoms with van der Waals surface area (Å²) in [6, 6.07) is 17.7. The Bertz CT molecular complexity index is 787. The van der Waals surface area contributed by atoms with Gasteiger partial charge in [-0.05, 0) is 90.1 Å². The molecule has 0 bridgehead atoms. The van der Waals surface area contributed by atoms with E-state index in [1.54, 1.807) is 0 Å². The average molecular weight is 438 g/mol. The van der Waals surface area contributed by atoms with Crippen molar-refractivity contribution in [3.05, 3.63) is 65.2 Å². The molecule has 0 radical (unpaired) electrons. The molecule has 0 aromatic heterocycles. The maximum absolute atomic E-state index is 6.11. The minimum atomic E-state index is 0.588. The van der Waals surface area contributed by atoms with Crippen molar-refractivity contribution in [1.82, 2.24) is 14.7 Å². The number of likely N-dealkylation sites (tertiary alicyclic amines) is 1. The van der Waals surface area contributed by atoms with E-state index in [2.05, 4.69) is 98.3 Å². The first-order chi connectivity index (χ1) is 15.4. The third kappa shape index (κ3) is 8.57. The van der Waals surface area contributed by atoms with Crippen molar-refractivity contribution in [2.24, 2.45) is 11.8 Å². The fourth-order valence-corrected chi connectivity index (χ4v) is 4.89. The Morgan fingerprint density at radius 2 is 1.66 bits per heavy atom. The van der Waals surface area contributed by atoms with E-state index >= 15 is 0 Å². The maximum atomic E-state index is 6.11. The van der Waals surface area contributed by atoms with Crippen LogP contribution >= 0.6 is 0 Å². The molecule has 1 saturated heterocycles. The summed E-state index contributed by atoms with van der Waals surface area (Å²) in [4.78, 5) is 7.18. The first kappa shape index (κ1) is 24.8. The Morgan fingerprint density at radius 3 is 2.31 bits per heavy atom. The van der Waals surface area contributed by atoms with Crippen molar-refractivity contribution >= 4 is 0 Å². The molecule has 3 rings (SSSR count). The summed E-state index contributed by atoms with van der Waals surface area (Å²) in [5, 5.41) is 0. The molecule has 32 heavy (non-hydrogen) atoms. The molecule has 2 aromatic rings. The Labute approximate surface area is 196 Å². The predicted octanol–water partition coefficient (Wildman–Crippen LogP) is 4.57. The van der Waals surface area contributed by atoms with E-state index in [-0.39, 0.29) is 0 Å². The van der Waals surface area contributed by atoms with Gasteiger partial charge in [0.05, 0.1) is 6.61 Å². The summed E-state index contributed by atoms with van der Waals surface area (Å²) in [6.07, 6.45) is 3.66. The van der Waals surface area contributed by atoms with E-state index in [4.69, 9.17) is 4.74 Å². The van der Waals surface area contributed by atoms with Crippen LogP contribution in [0.25, 0.3) is 0 Å². The number of hydrogen-bond donors (Lipinski definition) is 0. The lowest BCUT2D eigenvalue weighted by molar-refractivity contribution is 0.150. The van der Waals surface area contributed by atoms with Gasteiger partial charge in [-0.2, -0.15) is 0 Å². The Hall–Kier alpha value is -1.88. The lowest BCUT2D eigenvalue weighted by Crippen LogP contribution is -2.34. The zero-order valence-corrected chi connectivity index (χ0v) is 20.9. The van der Waals surface area contributed by atoms with E-state index in [1.165, 1.54) is 36.1 Å². The second-order valence-electron chi connectivity index (χ2n) is 10.2. The zero-order valence-electron chi connectivity index (χ0n) is 20.9. The van der Waals surface area contributed by atoms with Crippen molar-refractivity contribution in [3.8, 4) is 5.75 Å². The average Bonchev–Trinajstić information content (AvgIpc) is 2.74. The molecular formula is C28H43N3O. The van der Waals surface area contributed by atoms with Crippen molar-refractivity contribution in [2.75, 3.05) is 61.0 Å². The maximum Gasteiger partial charge on any atom is 0.119 e. The molecule has 4 heteroatoms. The first-order valence-electron chi connectivity index (χ1n) is 12.2. The van der Waals surface area contributed by atoms with Crippen LogP contribution in [0.1, 0.15) is 29.5 Å². The first-order valence-corrected chi connectivity index (χ1v) is 12.2. The quantitative estimate of drug-likeness (QED) is 0.513. The van der Waals surface area contributed by atoms with Gasteiger partial charge in [0.25, 0.3) is 0 Å². The van der Waals surface area contributed by atoms with Crippen LogP contribution in [0.3, 0.4) is 0 Å².